The molecule has 3 aromatic carbocycles. The number of ether oxygens (including phenoxy) is 1. The molecule has 1 atom stereocenters. The standard InChI is InChI=1S/C32H34ClN5O5/c1-43-26-13-9-23(10-14-26)20-35-28(39)21-37-30(41)32(38(31(37)42)25-5-3-2-4-6-25)15-17-36(18-16-32)29(40)27(34)19-22-7-11-24(33)12-8-22/h2-14,27H,15-21,34H2,1H3,(H,35,39)/t27-/m1/s1. The molecule has 0 aliphatic carbocycles. The van der Waals surface area contributed by atoms with E-state index in [-0.39, 0.29) is 38.4 Å². The van der Waals surface area contributed by atoms with Crippen LogP contribution in [0.2, 0.25) is 5.02 Å². The van der Waals surface area contributed by atoms with E-state index in [4.69, 9.17) is 22.1 Å². The van der Waals surface area contributed by atoms with Crippen LogP contribution in [0.15, 0.2) is 78.9 Å². The van der Waals surface area contributed by atoms with Crippen LogP contribution in [0.4, 0.5) is 10.5 Å². The first-order chi connectivity index (χ1) is 20.7. The van der Waals surface area contributed by atoms with Crippen molar-refractivity contribution in [3.05, 3.63) is 95.0 Å². The molecule has 2 fully saturated rings. The molecule has 5 amide bonds. The average Bonchev–Trinajstić information content (AvgIpc) is 3.22. The molecule has 0 bridgehead atoms. The maximum atomic E-state index is 14.0. The number of nitrogens with one attached hydrogen (secondary N) is 1. The number of hydrogen-bond donors (Lipinski definition) is 2. The van der Waals surface area contributed by atoms with Gasteiger partial charge in [-0.05, 0) is 66.8 Å². The molecule has 0 unspecified atom stereocenters. The van der Waals surface area contributed by atoms with Crippen molar-refractivity contribution in [2.45, 2.75) is 37.4 Å². The van der Waals surface area contributed by atoms with Crippen molar-refractivity contribution in [2.75, 3.05) is 31.6 Å². The Balaban J connectivity index is 1.28. The fourth-order valence-corrected chi connectivity index (χ4v) is 5.81. The van der Waals surface area contributed by atoms with Gasteiger partial charge in [-0.1, -0.05) is 54.1 Å². The summed E-state index contributed by atoms with van der Waals surface area (Å²) in [6.45, 7) is 0.313. The quantitative estimate of drug-likeness (QED) is 0.361. The number of methoxy groups -OCH3 is 1. The van der Waals surface area contributed by atoms with Crippen molar-refractivity contribution in [1.29, 1.82) is 0 Å². The zero-order valence-electron chi connectivity index (χ0n) is 23.9. The first-order valence-electron chi connectivity index (χ1n) is 14.1. The highest BCUT2D eigenvalue weighted by molar-refractivity contribution is 6.30. The molecule has 2 aliphatic rings. The Morgan fingerprint density at radius 2 is 1.58 bits per heavy atom. The lowest BCUT2D eigenvalue weighted by atomic mass is 9.85. The molecule has 43 heavy (non-hydrogen) atoms. The van der Waals surface area contributed by atoms with E-state index >= 15 is 0 Å². The summed E-state index contributed by atoms with van der Waals surface area (Å²) in [4.78, 5) is 58.0. The number of nitrogens with zero attached hydrogens (tertiary/aromatic N) is 3. The molecule has 10 nitrogen and oxygen atoms in total. The van der Waals surface area contributed by atoms with Crippen LogP contribution in [0.3, 0.4) is 0 Å². The van der Waals surface area contributed by atoms with Gasteiger partial charge in [-0.25, -0.2) is 4.79 Å². The Hall–Kier alpha value is -4.41. The molecule has 224 valence electrons. The van der Waals surface area contributed by atoms with Crippen LogP contribution in [-0.4, -0.2) is 71.9 Å². The van der Waals surface area contributed by atoms with E-state index in [0.717, 1.165) is 16.0 Å². The number of anilines is 1. The number of likely N-dealkylation sites (tertiary alicyclic amines) is 1. The lowest BCUT2D eigenvalue weighted by Gasteiger charge is -2.42. The van der Waals surface area contributed by atoms with Gasteiger partial charge < -0.3 is 20.7 Å². The zero-order chi connectivity index (χ0) is 30.6. The Morgan fingerprint density at radius 1 is 0.953 bits per heavy atom. The van der Waals surface area contributed by atoms with Gasteiger partial charge in [-0.2, -0.15) is 0 Å². The summed E-state index contributed by atoms with van der Waals surface area (Å²) in [7, 11) is 1.58. The molecule has 3 aromatic rings. The third-order valence-electron chi connectivity index (χ3n) is 8.05. The van der Waals surface area contributed by atoms with Gasteiger partial charge in [0, 0.05) is 30.3 Å². The molecule has 1 spiro atoms. The van der Waals surface area contributed by atoms with E-state index in [1.165, 1.54) is 4.90 Å². The van der Waals surface area contributed by atoms with E-state index in [9.17, 15) is 19.2 Å². The first-order valence-corrected chi connectivity index (χ1v) is 14.5. The van der Waals surface area contributed by atoms with E-state index in [2.05, 4.69) is 5.32 Å². The summed E-state index contributed by atoms with van der Waals surface area (Å²) >= 11 is 5.97. The average molecular weight is 604 g/mol. The van der Waals surface area contributed by atoms with Gasteiger partial charge in [-0.15, -0.1) is 0 Å². The number of benzene rings is 3. The van der Waals surface area contributed by atoms with Gasteiger partial charge >= 0.3 is 6.03 Å². The lowest BCUT2D eigenvalue weighted by Crippen LogP contribution is -2.59. The number of urea groups is 1. The minimum absolute atomic E-state index is 0.218. The van der Waals surface area contributed by atoms with Crippen LogP contribution in [0.25, 0.3) is 0 Å². The second-order valence-corrected chi connectivity index (χ2v) is 11.2. The Labute approximate surface area is 255 Å². The van der Waals surface area contributed by atoms with Crippen molar-refractivity contribution in [1.82, 2.24) is 15.1 Å². The molecule has 2 heterocycles. The largest absolute Gasteiger partial charge is 0.497 e. The molecule has 0 aromatic heterocycles. The van der Waals surface area contributed by atoms with Crippen molar-refractivity contribution in [3.63, 3.8) is 0 Å². The molecule has 3 N–H and O–H groups in total. The first kappa shape index (κ1) is 30.1. The molecular weight excluding hydrogens is 570 g/mol. The minimum Gasteiger partial charge on any atom is -0.497 e. The highest BCUT2D eigenvalue weighted by Gasteiger charge is 2.59. The number of imide groups is 1. The number of halogens is 1. The number of amides is 5. The third kappa shape index (κ3) is 6.35. The summed E-state index contributed by atoms with van der Waals surface area (Å²) in [5.74, 6) is -0.421. The summed E-state index contributed by atoms with van der Waals surface area (Å²) in [5.41, 5.74) is 7.36. The van der Waals surface area contributed by atoms with E-state index < -0.39 is 36.0 Å². The second-order valence-electron chi connectivity index (χ2n) is 10.8. The highest BCUT2D eigenvalue weighted by Crippen LogP contribution is 2.40. The molecule has 11 heteroatoms. The van der Waals surface area contributed by atoms with Crippen LogP contribution in [0.1, 0.15) is 24.0 Å². The zero-order valence-corrected chi connectivity index (χ0v) is 24.6. The fourth-order valence-electron chi connectivity index (χ4n) is 5.69. The maximum Gasteiger partial charge on any atom is 0.332 e. The van der Waals surface area contributed by atoms with Crippen LogP contribution in [0, 0.1) is 0 Å². The smallest absolute Gasteiger partial charge is 0.332 e. The van der Waals surface area contributed by atoms with Crippen molar-refractivity contribution >= 4 is 41.0 Å². The molecule has 0 saturated carbocycles. The van der Waals surface area contributed by atoms with E-state index in [1.54, 1.807) is 60.5 Å². The number of nitrogens with two attached hydrogens (primary N) is 1. The van der Waals surface area contributed by atoms with Crippen LogP contribution >= 0.6 is 11.6 Å². The SMILES string of the molecule is COc1ccc(CNC(=O)CN2C(=O)N(c3ccccc3)C3(CCN(C(=O)[C@H](N)Cc4ccc(Cl)cc4)CC3)C2=O)cc1. The number of rotatable bonds is 9. The number of carbonyl (C=O) groups excluding carboxylic acids is 4. The second kappa shape index (κ2) is 12.8. The van der Waals surface area contributed by atoms with E-state index in [0.29, 0.717) is 22.9 Å². The summed E-state index contributed by atoms with van der Waals surface area (Å²) < 4.78 is 5.16. The van der Waals surface area contributed by atoms with Crippen LogP contribution < -0.4 is 20.7 Å². The topological polar surface area (TPSA) is 125 Å². The number of para-hydroxylation sites is 1. The summed E-state index contributed by atoms with van der Waals surface area (Å²) in [6, 6.07) is 22.0. The maximum absolute atomic E-state index is 14.0. The minimum atomic E-state index is -1.22. The Bertz CT molecular complexity index is 1470. The van der Waals surface area contributed by atoms with Gasteiger partial charge in [0.2, 0.25) is 11.8 Å². The summed E-state index contributed by atoms with van der Waals surface area (Å²) in [6.07, 6.45) is 0.788. The van der Waals surface area contributed by atoms with Crippen molar-refractivity contribution in [3.8, 4) is 5.75 Å². The Kier molecular flexibility index (Phi) is 8.98. The predicted octanol–water partition coefficient (Wildman–Crippen LogP) is 3.36. The highest BCUT2D eigenvalue weighted by atomic mass is 35.5. The Morgan fingerprint density at radius 3 is 2.21 bits per heavy atom. The van der Waals surface area contributed by atoms with Gasteiger partial charge in [-0.3, -0.25) is 24.2 Å². The normalized spacial score (nSPS) is 16.9. The number of hydrogen-bond acceptors (Lipinski definition) is 6. The lowest BCUT2D eigenvalue weighted by molar-refractivity contribution is -0.139. The van der Waals surface area contributed by atoms with Crippen molar-refractivity contribution in [2.24, 2.45) is 5.73 Å². The number of carbonyl (C=O) groups is 4. The third-order valence-corrected chi connectivity index (χ3v) is 8.30. The van der Waals surface area contributed by atoms with Crippen LogP contribution in [0.5, 0.6) is 5.75 Å². The molecule has 2 saturated heterocycles. The molecule has 0 radical (unpaired) electrons. The van der Waals surface area contributed by atoms with Gasteiger partial charge in [0.05, 0.1) is 13.2 Å². The molecule has 2 aliphatic heterocycles. The predicted molar refractivity (Wildman–Crippen MR) is 163 cm³/mol. The summed E-state index contributed by atoms with van der Waals surface area (Å²) in [5, 5.41) is 3.39. The monoisotopic (exact) mass is 603 g/mol. The van der Waals surface area contributed by atoms with Crippen molar-refractivity contribution < 1.29 is 23.9 Å². The van der Waals surface area contributed by atoms with Crippen LogP contribution in [-0.2, 0) is 27.3 Å². The van der Waals surface area contributed by atoms with Gasteiger partial charge in [0.1, 0.15) is 17.8 Å². The fraction of sp³-hybridized carbons (Fsp3) is 0.312. The molecule has 5 rings (SSSR count). The van der Waals surface area contributed by atoms with E-state index in [1.807, 2.05) is 30.3 Å². The van der Waals surface area contributed by atoms with Gasteiger partial charge in [0.25, 0.3) is 5.91 Å². The van der Waals surface area contributed by atoms with Gasteiger partial charge in [0.15, 0.2) is 0 Å². The number of piperidine rings is 1. The molecular formula is C32H34ClN5O5.